The van der Waals surface area contributed by atoms with E-state index in [-0.39, 0.29) is 41.1 Å². The Hall–Kier alpha value is -3.11. The van der Waals surface area contributed by atoms with Crippen molar-refractivity contribution in [1.29, 1.82) is 5.26 Å². The fourth-order valence-electron chi connectivity index (χ4n) is 5.96. The largest absolute Gasteiger partial charge is 0.474 e. The molecule has 0 N–H and O–H groups in total. The van der Waals surface area contributed by atoms with E-state index in [0.29, 0.717) is 42.6 Å². The number of ether oxygens (including phenoxy) is 1. The molecule has 3 heterocycles. The number of pyridine rings is 1. The normalized spacial score (nSPS) is 23.8. The summed E-state index contributed by atoms with van der Waals surface area (Å²) in [4.78, 5) is 34.6. The highest BCUT2D eigenvalue weighted by atomic mass is 35.5. The summed E-state index contributed by atoms with van der Waals surface area (Å²) in [5.74, 6) is 1.19. The second-order valence-electron chi connectivity index (χ2n) is 11.3. The Morgan fingerprint density at radius 3 is 2.37 bits per heavy atom. The second-order valence-corrected chi connectivity index (χ2v) is 11.8. The quantitative estimate of drug-likeness (QED) is 0.518. The summed E-state index contributed by atoms with van der Waals surface area (Å²) in [6, 6.07) is 13.4. The minimum absolute atomic E-state index is 0.0370. The average molecular weight is 535 g/mol. The first-order valence-corrected chi connectivity index (χ1v) is 14.0. The lowest BCUT2D eigenvalue weighted by Gasteiger charge is -2.43. The molecule has 0 spiro atoms. The van der Waals surface area contributed by atoms with Gasteiger partial charge in [-0.15, -0.1) is 0 Å². The summed E-state index contributed by atoms with van der Waals surface area (Å²) in [6.07, 6.45) is 5.62. The minimum atomic E-state index is -0.156. The number of halogens is 1. The van der Waals surface area contributed by atoms with E-state index in [4.69, 9.17) is 21.6 Å². The maximum Gasteiger partial charge on any atom is 0.228 e. The third-order valence-electron chi connectivity index (χ3n) is 8.70. The van der Waals surface area contributed by atoms with Gasteiger partial charge in [-0.25, -0.2) is 4.98 Å². The van der Waals surface area contributed by atoms with Crippen molar-refractivity contribution in [2.24, 2.45) is 17.3 Å². The van der Waals surface area contributed by atoms with Crippen LogP contribution in [0.1, 0.15) is 63.0 Å². The highest BCUT2D eigenvalue weighted by Crippen LogP contribution is 2.47. The maximum absolute atomic E-state index is 13.6. The number of hydrogen-bond acceptors (Lipinski definition) is 5. The Labute approximate surface area is 229 Å². The lowest BCUT2D eigenvalue weighted by molar-refractivity contribution is -0.144. The number of amides is 2. The fraction of sp³-hybridized carbons (Fsp3) is 0.533. The van der Waals surface area contributed by atoms with Crippen LogP contribution >= 0.6 is 11.6 Å². The van der Waals surface area contributed by atoms with Crippen LogP contribution in [0, 0.1) is 28.6 Å². The zero-order chi connectivity index (χ0) is 26.9. The Balaban J connectivity index is 1.26. The zero-order valence-corrected chi connectivity index (χ0v) is 22.9. The van der Waals surface area contributed by atoms with Crippen molar-refractivity contribution in [3.63, 3.8) is 0 Å². The van der Waals surface area contributed by atoms with Crippen LogP contribution in [-0.4, -0.2) is 58.9 Å². The second kappa shape index (κ2) is 10.9. The van der Waals surface area contributed by atoms with Gasteiger partial charge in [-0.1, -0.05) is 30.7 Å². The number of benzene rings is 1. The van der Waals surface area contributed by atoms with E-state index in [9.17, 15) is 9.59 Å². The van der Waals surface area contributed by atoms with Crippen molar-refractivity contribution in [3.05, 3.63) is 58.7 Å². The highest BCUT2D eigenvalue weighted by Gasteiger charge is 2.48. The Kier molecular flexibility index (Phi) is 7.63. The molecule has 1 aliphatic carbocycles. The van der Waals surface area contributed by atoms with Gasteiger partial charge < -0.3 is 14.5 Å². The van der Waals surface area contributed by atoms with Gasteiger partial charge >= 0.3 is 0 Å². The van der Waals surface area contributed by atoms with E-state index >= 15 is 0 Å². The Bertz CT molecular complexity index is 1200. The monoisotopic (exact) mass is 534 g/mol. The van der Waals surface area contributed by atoms with Crippen molar-refractivity contribution in [2.75, 3.05) is 26.2 Å². The molecule has 2 aromatic rings. The summed E-state index contributed by atoms with van der Waals surface area (Å²) in [5, 5.41) is 9.72. The van der Waals surface area contributed by atoms with Crippen molar-refractivity contribution >= 4 is 23.4 Å². The van der Waals surface area contributed by atoms with Crippen LogP contribution < -0.4 is 4.74 Å². The topological polar surface area (TPSA) is 86.5 Å². The van der Waals surface area contributed by atoms with E-state index < -0.39 is 0 Å². The van der Waals surface area contributed by atoms with E-state index in [1.807, 2.05) is 34.1 Å². The number of aromatic nitrogens is 1. The number of carbonyl (C=O) groups excluding carboxylic acids is 2. The number of nitrogens with zero attached hydrogens (tertiary/aromatic N) is 4. The molecule has 2 saturated heterocycles. The van der Waals surface area contributed by atoms with Crippen LogP contribution in [0.25, 0.3) is 0 Å². The third-order valence-corrected chi connectivity index (χ3v) is 8.95. The fourth-order valence-corrected chi connectivity index (χ4v) is 6.09. The zero-order valence-electron chi connectivity index (χ0n) is 22.1. The molecule has 8 heteroatoms. The van der Waals surface area contributed by atoms with Crippen molar-refractivity contribution in [1.82, 2.24) is 14.8 Å². The van der Waals surface area contributed by atoms with E-state index in [1.54, 1.807) is 12.1 Å². The van der Waals surface area contributed by atoms with Gasteiger partial charge in [-0.05, 0) is 62.8 Å². The summed E-state index contributed by atoms with van der Waals surface area (Å²) in [7, 11) is 0. The molecule has 2 aliphatic heterocycles. The van der Waals surface area contributed by atoms with Gasteiger partial charge in [-0.3, -0.25) is 9.59 Å². The van der Waals surface area contributed by atoms with Gasteiger partial charge in [0.15, 0.2) is 0 Å². The standard InChI is InChI=1S/C30H35ClN4O3/c1-20(38-27-8-3-21(17-32)18-33-27)25-11-16-35(19-26(25)22-4-6-24(31)7-5-22)28(36)23-9-14-34(15-10-23)29(37)30(2)12-13-30/h3-8,18,20,23,25-26H,9-16,19H2,1-2H3/t20-,25+,26+/m0/s1. The van der Waals surface area contributed by atoms with E-state index in [0.717, 1.165) is 37.7 Å². The predicted molar refractivity (Wildman–Crippen MR) is 145 cm³/mol. The molecule has 3 fully saturated rings. The van der Waals surface area contributed by atoms with Crippen LogP contribution in [0.5, 0.6) is 5.88 Å². The lowest BCUT2D eigenvalue weighted by atomic mass is 9.77. The molecule has 0 radical (unpaired) electrons. The van der Waals surface area contributed by atoms with Gasteiger partial charge in [0.2, 0.25) is 17.7 Å². The van der Waals surface area contributed by atoms with Crippen molar-refractivity contribution in [2.45, 2.75) is 58.0 Å². The molecular weight excluding hydrogens is 500 g/mol. The summed E-state index contributed by atoms with van der Waals surface area (Å²) >= 11 is 6.18. The van der Waals surface area contributed by atoms with Crippen LogP contribution in [-0.2, 0) is 9.59 Å². The lowest BCUT2D eigenvalue weighted by Crippen LogP contribution is -2.50. The molecule has 7 nitrogen and oxygen atoms in total. The SMILES string of the molecule is C[C@H](Oc1ccc(C#N)cn1)[C@H]1CCN(C(=O)C2CCN(C(=O)C3(C)CC3)CC2)C[C@@H]1c1ccc(Cl)cc1. The molecule has 3 aliphatic rings. The number of likely N-dealkylation sites (tertiary alicyclic amines) is 2. The van der Waals surface area contributed by atoms with Crippen LogP contribution in [0.15, 0.2) is 42.6 Å². The molecule has 0 unspecified atom stereocenters. The minimum Gasteiger partial charge on any atom is -0.474 e. The number of nitriles is 1. The van der Waals surface area contributed by atoms with E-state index in [1.165, 1.54) is 6.20 Å². The predicted octanol–water partition coefficient (Wildman–Crippen LogP) is 5.04. The first-order chi connectivity index (χ1) is 18.3. The van der Waals surface area contributed by atoms with Gasteiger partial charge in [0, 0.05) is 66.6 Å². The molecule has 5 rings (SSSR count). The summed E-state index contributed by atoms with van der Waals surface area (Å²) < 4.78 is 6.22. The van der Waals surface area contributed by atoms with Gasteiger partial charge in [0.25, 0.3) is 0 Å². The van der Waals surface area contributed by atoms with Gasteiger partial charge in [0.05, 0.1) is 5.56 Å². The van der Waals surface area contributed by atoms with Gasteiger partial charge in [-0.2, -0.15) is 5.26 Å². The van der Waals surface area contributed by atoms with Crippen molar-refractivity contribution < 1.29 is 14.3 Å². The average Bonchev–Trinajstić information content (AvgIpc) is 3.71. The van der Waals surface area contributed by atoms with Crippen LogP contribution in [0.4, 0.5) is 0 Å². The maximum atomic E-state index is 13.6. The van der Waals surface area contributed by atoms with Crippen LogP contribution in [0.2, 0.25) is 5.02 Å². The number of piperidine rings is 2. The molecule has 38 heavy (non-hydrogen) atoms. The highest BCUT2D eigenvalue weighted by molar-refractivity contribution is 6.30. The Morgan fingerprint density at radius 1 is 1.08 bits per heavy atom. The first kappa shape index (κ1) is 26.5. The molecular formula is C30H35ClN4O3. The molecule has 1 saturated carbocycles. The molecule has 2 amide bonds. The number of rotatable bonds is 6. The molecule has 3 atom stereocenters. The first-order valence-electron chi connectivity index (χ1n) is 13.6. The van der Waals surface area contributed by atoms with Crippen LogP contribution in [0.3, 0.4) is 0 Å². The summed E-state index contributed by atoms with van der Waals surface area (Å²) in [5.41, 5.74) is 1.47. The molecule has 200 valence electrons. The molecule has 0 bridgehead atoms. The summed E-state index contributed by atoms with van der Waals surface area (Å²) in [6.45, 7) is 6.75. The van der Waals surface area contributed by atoms with Gasteiger partial charge in [0.1, 0.15) is 12.2 Å². The number of hydrogen-bond donors (Lipinski definition) is 0. The number of carbonyl (C=O) groups is 2. The Morgan fingerprint density at radius 2 is 1.76 bits per heavy atom. The third kappa shape index (κ3) is 5.66. The smallest absolute Gasteiger partial charge is 0.228 e. The molecule has 1 aromatic carbocycles. The van der Waals surface area contributed by atoms with Crippen molar-refractivity contribution in [3.8, 4) is 11.9 Å². The molecule has 1 aromatic heterocycles. The van der Waals surface area contributed by atoms with E-state index in [2.05, 4.69) is 24.9 Å².